The van der Waals surface area contributed by atoms with E-state index in [9.17, 15) is 4.79 Å². The fraction of sp³-hybridized carbons (Fsp3) is 0.278. The van der Waals surface area contributed by atoms with E-state index in [4.69, 9.17) is 5.73 Å². The number of carbonyl (C=O) groups is 1. The van der Waals surface area contributed by atoms with Gasteiger partial charge in [0, 0.05) is 24.3 Å². The van der Waals surface area contributed by atoms with E-state index < -0.39 is 0 Å². The molecule has 0 spiro atoms. The van der Waals surface area contributed by atoms with Crippen molar-refractivity contribution < 1.29 is 4.79 Å². The highest BCUT2D eigenvalue weighted by Gasteiger charge is 2.25. The van der Waals surface area contributed by atoms with Crippen LogP contribution in [0.3, 0.4) is 0 Å². The topological polar surface area (TPSA) is 46.3 Å². The third-order valence-electron chi connectivity index (χ3n) is 4.17. The smallest absolute Gasteiger partial charge is 0.227 e. The first-order valence-electron chi connectivity index (χ1n) is 7.39. The Balaban J connectivity index is 1.71. The molecular weight excluding hydrogens is 260 g/mol. The summed E-state index contributed by atoms with van der Waals surface area (Å²) in [6.45, 7) is 2.89. The minimum atomic E-state index is 0.198. The normalized spacial score (nSPS) is 14.8. The van der Waals surface area contributed by atoms with E-state index in [1.165, 1.54) is 5.56 Å². The lowest BCUT2D eigenvalue weighted by atomic mass is 9.97. The SMILES string of the molecule is CC(CC(=O)N1CCc2ccccc21)c1ccc(N)cc1. The summed E-state index contributed by atoms with van der Waals surface area (Å²) in [7, 11) is 0. The fourth-order valence-corrected chi connectivity index (χ4v) is 2.91. The number of amides is 1. The molecule has 1 atom stereocenters. The molecule has 0 saturated heterocycles. The highest BCUT2D eigenvalue weighted by molar-refractivity contribution is 5.95. The van der Waals surface area contributed by atoms with Crippen LogP contribution in [0.2, 0.25) is 0 Å². The number of fused-ring (bicyclic) bond motifs is 1. The molecule has 2 aromatic carbocycles. The Morgan fingerprint density at radius 1 is 1.19 bits per heavy atom. The Kier molecular flexibility index (Phi) is 3.65. The predicted molar refractivity (Wildman–Crippen MR) is 86.4 cm³/mol. The zero-order chi connectivity index (χ0) is 14.8. The number of nitrogens with two attached hydrogens (primary N) is 1. The van der Waals surface area contributed by atoms with E-state index >= 15 is 0 Å². The van der Waals surface area contributed by atoms with E-state index in [0.29, 0.717) is 6.42 Å². The van der Waals surface area contributed by atoms with Gasteiger partial charge in [-0.25, -0.2) is 0 Å². The predicted octanol–water partition coefficient (Wildman–Crippen LogP) is 3.35. The largest absolute Gasteiger partial charge is 0.399 e. The molecule has 3 rings (SSSR count). The standard InChI is InChI=1S/C18H20N2O/c1-13(14-6-8-16(19)9-7-14)12-18(21)20-11-10-15-4-2-3-5-17(15)20/h2-9,13H,10-12,19H2,1H3. The minimum Gasteiger partial charge on any atom is -0.399 e. The number of hydrogen-bond acceptors (Lipinski definition) is 2. The first kappa shape index (κ1) is 13.7. The number of benzene rings is 2. The van der Waals surface area contributed by atoms with Crippen molar-refractivity contribution in [3.63, 3.8) is 0 Å². The van der Waals surface area contributed by atoms with Gasteiger partial charge >= 0.3 is 0 Å². The monoisotopic (exact) mass is 280 g/mol. The maximum Gasteiger partial charge on any atom is 0.227 e. The van der Waals surface area contributed by atoms with Gasteiger partial charge in [-0.1, -0.05) is 37.3 Å². The molecule has 1 aliphatic heterocycles. The van der Waals surface area contributed by atoms with Crippen LogP contribution in [0.25, 0.3) is 0 Å². The Bertz CT molecular complexity index is 649. The summed E-state index contributed by atoms with van der Waals surface area (Å²) >= 11 is 0. The Morgan fingerprint density at radius 2 is 1.90 bits per heavy atom. The van der Waals surface area contributed by atoms with Gasteiger partial charge < -0.3 is 10.6 Å². The maximum absolute atomic E-state index is 12.6. The number of nitrogen functional groups attached to an aromatic ring is 1. The lowest BCUT2D eigenvalue weighted by molar-refractivity contribution is -0.118. The third kappa shape index (κ3) is 2.77. The van der Waals surface area contributed by atoms with Crippen molar-refractivity contribution in [2.75, 3.05) is 17.2 Å². The number of anilines is 2. The van der Waals surface area contributed by atoms with Crippen LogP contribution >= 0.6 is 0 Å². The molecule has 0 aliphatic carbocycles. The summed E-state index contributed by atoms with van der Waals surface area (Å²) in [6.07, 6.45) is 1.48. The highest BCUT2D eigenvalue weighted by Crippen LogP contribution is 2.30. The lowest BCUT2D eigenvalue weighted by Gasteiger charge is -2.20. The second-order valence-electron chi connectivity index (χ2n) is 5.70. The van der Waals surface area contributed by atoms with Crippen LogP contribution in [0, 0.1) is 0 Å². The van der Waals surface area contributed by atoms with Gasteiger partial charge in [0.2, 0.25) is 5.91 Å². The van der Waals surface area contributed by atoms with Gasteiger partial charge in [-0.15, -0.1) is 0 Å². The molecule has 2 aromatic rings. The molecule has 1 heterocycles. The lowest BCUT2D eigenvalue weighted by Crippen LogP contribution is -2.29. The van der Waals surface area contributed by atoms with Crippen molar-refractivity contribution in [2.24, 2.45) is 0 Å². The molecule has 2 N–H and O–H groups in total. The zero-order valence-corrected chi connectivity index (χ0v) is 12.3. The fourth-order valence-electron chi connectivity index (χ4n) is 2.91. The number of carbonyl (C=O) groups excluding carboxylic acids is 1. The molecule has 1 aliphatic rings. The van der Waals surface area contributed by atoms with Gasteiger partial charge in [-0.05, 0) is 41.7 Å². The summed E-state index contributed by atoms with van der Waals surface area (Å²) in [6, 6.07) is 16.0. The van der Waals surface area contributed by atoms with Crippen molar-refractivity contribution in [2.45, 2.75) is 25.7 Å². The molecule has 0 aromatic heterocycles. The minimum absolute atomic E-state index is 0.198. The highest BCUT2D eigenvalue weighted by atomic mass is 16.2. The van der Waals surface area contributed by atoms with Gasteiger partial charge in [0.15, 0.2) is 0 Å². The van der Waals surface area contributed by atoms with Gasteiger partial charge in [0.25, 0.3) is 0 Å². The summed E-state index contributed by atoms with van der Waals surface area (Å²) in [5.74, 6) is 0.398. The van der Waals surface area contributed by atoms with Crippen LogP contribution in [-0.4, -0.2) is 12.5 Å². The van der Waals surface area contributed by atoms with Crippen molar-refractivity contribution in [1.82, 2.24) is 0 Å². The van der Waals surface area contributed by atoms with Crippen molar-refractivity contribution >= 4 is 17.3 Å². The molecule has 0 fully saturated rings. The quantitative estimate of drug-likeness (QED) is 0.876. The summed E-state index contributed by atoms with van der Waals surface area (Å²) in [5.41, 5.74) is 9.96. The molecule has 1 amide bonds. The van der Waals surface area contributed by atoms with Gasteiger partial charge in [-0.2, -0.15) is 0 Å². The first-order chi connectivity index (χ1) is 10.1. The van der Waals surface area contributed by atoms with E-state index in [1.807, 2.05) is 47.4 Å². The molecule has 0 radical (unpaired) electrons. The summed E-state index contributed by atoms with van der Waals surface area (Å²) in [4.78, 5) is 14.5. The van der Waals surface area contributed by atoms with Crippen LogP contribution in [0.1, 0.15) is 30.4 Å². The Hall–Kier alpha value is -2.29. The number of rotatable bonds is 3. The van der Waals surface area contributed by atoms with Gasteiger partial charge in [0.1, 0.15) is 0 Å². The zero-order valence-electron chi connectivity index (χ0n) is 12.3. The van der Waals surface area contributed by atoms with Crippen molar-refractivity contribution in [3.05, 3.63) is 59.7 Å². The van der Waals surface area contributed by atoms with Crippen molar-refractivity contribution in [3.8, 4) is 0 Å². The molecular formula is C18H20N2O. The Morgan fingerprint density at radius 3 is 2.67 bits per heavy atom. The van der Waals surface area contributed by atoms with Crippen LogP contribution in [0.15, 0.2) is 48.5 Å². The molecule has 1 unspecified atom stereocenters. The summed E-state index contributed by atoms with van der Waals surface area (Å²) in [5, 5.41) is 0. The molecule has 0 bridgehead atoms. The van der Waals surface area contributed by atoms with Crippen LogP contribution in [-0.2, 0) is 11.2 Å². The summed E-state index contributed by atoms with van der Waals surface area (Å²) < 4.78 is 0. The number of para-hydroxylation sites is 1. The van der Waals surface area contributed by atoms with Crippen LogP contribution in [0.5, 0.6) is 0 Å². The molecule has 3 nitrogen and oxygen atoms in total. The first-order valence-corrected chi connectivity index (χ1v) is 7.39. The van der Waals surface area contributed by atoms with E-state index in [-0.39, 0.29) is 11.8 Å². The Labute approximate surface area is 125 Å². The second kappa shape index (κ2) is 5.60. The van der Waals surface area contributed by atoms with E-state index in [1.54, 1.807) is 0 Å². The molecule has 0 saturated carbocycles. The maximum atomic E-state index is 12.6. The number of nitrogens with zero attached hydrogens (tertiary/aromatic N) is 1. The second-order valence-corrected chi connectivity index (χ2v) is 5.70. The number of hydrogen-bond donors (Lipinski definition) is 1. The van der Waals surface area contributed by atoms with Gasteiger partial charge in [0.05, 0.1) is 0 Å². The van der Waals surface area contributed by atoms with Gasteiger partial charge in [-0.3, -0.25) is 4.79 Å². The third-order valence-corrected chi connectivity index (χ3v) is 4.17. The van der Waals surface area contributed by atoms with E-state index in [0.717, 1.165) is 29.9 Å². The molecule has 3 heteroatoms. The molecule has 108 valence electrons. The van der Waals surface area contributed by atoms with E-state index in [2.05, 4.69) is 13.0 Å². The van der Waals surface area contributed by atoms with Crippen LogP contribution < -0.4 is 10.6 Å². The average molecular weight is 280 g/mol. The van der Waals surface area contributed by atoms with Crippen LogP contribution in [0.4, 0.5) is 11.4 Å². The van der Waals surface area contributed by atoms with Crippen molar-refractivity contribution in [1.29, 1.82) is 0 Å². The average Bonchev–Trinajstić information content (AvgIpc) is 2.92. The molecule has 21 heavy (non-hydrogen) atoms.